The first kappa shape index (κ1) is 15.9. The van der Waals surface area contributed by atoms with Crippen LogP contribution in [-0.2, 0) is 14.3 Å². The maximum Gasteiger partial charge on any atom is 0.303 e. The topological polar surface area (TPSA) is 63.6 Å². The molecule has 0 aromatic carbocycles. The van der Waals surface area contributed by atoms with E-state index >= 15 is 0 Å². The molecule has 0 saturated carbocycles. The van der Waals surface area contributed by atoms with Gasteiger partial charge in [0.1, 0.15) is 6.10 Å². The molecule has 0 bridgehead atoms. The third-order valence-corrected chi connectivity index (χ3v) is 2.63. The van der Waals surface area contributed by atoms with Crippen molar-refractivity contribution in [1.29, 1.82) is 0 Å². The molecule has 0 saturated heterocycles. The minimum absolute atomic E-state index is 0.108. The molecule has 0 rings (SSSR count). The summed E-state index contributed by atoms with van der Waals surface area (Å²) < 4.78 is 5.18. The molecule has 1 unspecified atom stereocenters. The van der Waals surface area contributed by atoms with Crippen LogP contribution in [0.25, 0.3) is 0 Å². The molecule has 100 valence electrons. The number of hydrogen-bond donors (Lipinski definition) is 1. The molecule has 0 aromatic heterocycles. The van der Waals surface area contributed by atoms with Crippen LogP contribution in [0.15, 0.2) is 0 Å². The predicted molar refractivity (Wildman–Crippen MR) is 65.8 cm³/mol. The second-order valence-corrected chi connectivity index (χ2v) is 4.37. The van der Waals surface area contributed by atoms with Crippen molar-refractivity contribution in [2.75, 3.05) is 0 Å². The molecular formula is C13H24O4. The SMILES string of the molecule is CCCCCCC(CCCC(=O)O)OC(C)=O. The number of carboxylic acids is 1. The van der Waals surface area contributed by atoms with Crippen LogP contribution in [0.1, 0.15) is 65.2 Å². The van der Waals surface area contributed by atoms with Gasteiger partial charge in [0.25, 0.3) is 0 Å². The molecular weight excluding hydrogens is 220 g/mol. The fourth-order valence-electron chi connectivity index (χ4n) is 1.78. The minimum Gasteiger partial charge on any atom is -0.481 e. The van der Waals surface area contributed by atoms with E-state index in [1.165, 1.54) is 19.8 Å². The number of rotatable bonds is 10. The van der Waals surface area contributed by atoms with Gasteiger partial charge < -0.3 is 9.84 Å². The number of ether oxygens (including phenoxy) is 1. The molecule has 0 heterocycles. The van der Waals surface area contributed by atoms with E-state index in [9.17, 15) is 9.59 Å². The van der Waals surface area contributed by atoms with Gasteiger partial charge in [0.15, 0.2) is 0 Å². The Bertz CT molecular complexity index is 225. The fraction of sp³-hybridized carbons (Fsp3) is 0.846. The smallest absolute Gasteiger partial charge is 0.303 e. The highest BCUT2D eigenvalue weighted by Gasteiger charge is 2.12. The van der Waals surface area contributed by atoms with Crippen molar-refractivity contribution in [3.8, 4) is 0 Å². The Kier molecular flexibility index (Phi) is 9.49. The quantitative estimate of drug-likeness (QED) is 0.473. The van der Waals surface area contributed by atoms with E-state index in [0.29, 0.717) is 12.8 Å². The number of esters is 1. The lowest BCUT2D eigenvalue weighted by atomic mass is 10.0. The van der Waals surface area contributed by atoms with Gasteiger partial charge in [-0.25, -0.2) is 0 Å². The van der Waals surface area contributed by atoms with Gasteiger partial charge in [0.2, 0.25) is 0 Å². The molecule has 0 amide bonds. The molecule has 0 fully saturated rings. The number of aliphatic carboxylic acids is 1. The van der Waals surface area contributed by atoms with Gasteiger partial charge in [0, 0.05) is 13.3 Å². The lowest BCUT2D eigenvalue weighted by Gasteiger charge is -2.16. The van der Waals surface area contributed by atoms with E-state index in [4.69, 9.17) is 9.84 Å². The van der Waals surface area contributed by atoms with Gasteiger partial charge in [-0.2, -0.15) is 0 Å². The number of carbonyl (C=O) groups is 2. The normalized spacial score (nSPS) is 12.1. The average Bonchev–Trinajstić information content (AvgIpc) is 2.22. The molecule has 0 aromatic rings. The lowest BCUT2D eigenvalue weighted by molar-refractivity contribution is -0.147. The third-order valence-electron chi connectivity index (χ3n) is 2.63. The van der Waals surface area contributed by atoms with Crippen LogP contribution >= 0.6 is 0 Å². The summed E-state index contributed by atoms with van der Waals surface area (Å²) in [6.07, 6.45) is 6.67. The summed E-state index contributed by atoms with van der Waals surface area (Å²) in [4.78, 5) is 21.3. The summed E-state index contributed by atoms with van der Waals surface area (Å²) in [5, 5.41) is 8.55. The van der Waals surface area contributed by atoms with Crippen molar-refractivity contribution in [2.45, 2.75) is 71.3 Å². The first-order valence-electron chi connectivity index (χ1n) is 6.45. The van der Waals surface area contributed by atoms with E-state index in [2.05, 4.69) is 6.92 Å². The van der Waals surface area contributed by atoms with Crippen LogP contribution in [0.4, 0.5) is 0 Å². The molecule has 0 radical (unpaired) electrons. The van der Waals surface area contributed by atoms with E-state index in [1.807, 2.05) is 0 Å². The van der Waals surface area contributed by atoms with E-state index in [0.717, 1.165) is 19.3 Å². The maximum absolute atomic E-state index is 10.9. The van der Waals surface area contributed by atoms with Crippen molar-refractivity contribution < 1.29 is 19.4 Å². The van der Waals surface area contributed by atoms with Crippen molar-refractivity contribution in [1.82, 2.24) is 0 Å². The fourth-order valence-corrected chi connectivity index (χ4v) is 1.78. The Hall–Kier alpha value is -1.06. The molecule has 0 spiro atoms. The average molecular weight is 244 g/mol. The molecule has 0 aliphatic carbocycles. The second kappa shape index (κ2) is 10.1. The molecule has 1 N–H and O–H groups in total. The van der Waals surface area contributed by atoms with Crippen LogP contribution in [0.3, 0.4) is 0 Å². The Morgan fingerprint density at radius 3 is 2.29 bits per heavy atom. The number of carboxylic acid groups (broad SMARTS) is 1. The maximum atomic E-state index is 10.9. The molecule has 1 atom stereocenters. The molecule has 0 aliphatic rings. The predicted octanol–water partition coefficient (Wildman–Crippen LogP) is 3.14. The first-order chi connectivity index (χ1) is 8.06. The third kappa shape index (κ3) is 11.2. The van der Waals surface area contributed by atoms with Crippen molar-refractivity contribution in [3.05, 3.63) is 0 Å². The minimum atomic E-state index is -0.794. The Labute approximate surface area is 103 Å². The molecule has 4 heteroatoms. The van der Waals surface area contributed by atoms with Crippen molar-refractivity contribution in [2.24, 2.45) is 0 Å². The molecule has 0 aliphatic heterocycles. The van der Waals surface area contributed by atoms with Gasteiger partial charge in [-0.1, -0.05) is 26.2 Å². The van der Waals surface area contributed by atoms with Gasteiger partial charge in [-0.3, -0.25) is 9.59 Å². The Morgan fingerprint density at radius 2 is 1.76 bits per heavy atom. The lowest BCUT2D eigenvalue weighted by Crippen LogP contribution is -2.16. The largest absolute Gasteiger partial charge is 0.481 e. The van der Waals surface area contributed by atoms with Crippen LogP contribution in [0.5, 0.6) is 0 Å². The summed E-state index contributed by atoms with van der Waals surface area (Å²) in [6.45, 7) is 3.55. The van der Waals surface area contributed by atoms with Crippen molar-refractivity contribution >= 4 is 11.9 Å². The van der Waals surface area contributed by atoms with Crippen LogP contribution in [0, 0.1) is 0 Å². The highest BCUT2D eigenvalue weighted by Crippen LogP contribution is 2.14. The highest BCUT2D eigenvalue weighted by molar-refractivity contribution is 5.67. The number of carbonyl (C=O) groups excluding carboxylic acids is 1. The van der Waals surface area contributed by atoms with E-state index in [-0.39, 0.29) is 18.5 Å². The standard InChI is InChI=1S/C13H24O4/c1-3-4-5-6-8-12(17-11(2)14)9-7-10-13(15)16/h12H,3-10H2,1-2H3,(H,15,16). The zero-order valence-electron chi connectivity index (χ0n) is 10.9. The summed E-state index contributed by atoms with van der Waals surface area (Å²) in [7, 11) is 0. The van der Waals surface area contributed by atoms with Crippen molar-refractivity contribution in [3.63, 3.8) is 0 Å². The van der Waals surface area contributed by atoms with Gasteiger partial charge in [-0.05, 0) is 25.7 Å². The summed E-state index contributed by atoms with van der Waals surface area (Å²) >= 11 is 0. The molecule has 4 nitrogen and oxygen atoms in total. The van der Waals surface area contributed by atoms with E-state index in [1.54, 1.807) is 0 Å². The highest BCUT2D eigenvalue weighted by atomic mass is 16.5. The summed E-state index contributed by atoms with van der Waals surface area (Å²) in [5.41, 5.74) is 0. The summed E-state index contributed by atoms with van der Waals surface area (Å²) in [6, 6.07) is 0. The van der Waals surface area contributed by atoms with Gasteiger partial charge in [-0.15, -0.1) is 0 Å². The zero-order chi connectivity index (χ0) is 13.1. The van der Waals surface area contributed by atoms with Crippen LogP contribution in [-0.4, -0.2) is 23.1 Å². The summed E-state index contributed by atoms with van der Waals surface area (Å²) in [5.74, 6) is -1.07. The first-order valence-corrected chi connectivity index (χ1v) is 6.45. The molecule has 17 heavy (non-hydrogen) atoms. The Balaban J connectivity index is 3.79. The zero-order valence-corrected chi connectivity index (χ0v) is 10.9. The van der Waals surface area contributed by atoms with Gasteiger partial charge >= 0.3 is 11.9 Å². The van der Waals surface area contributed by atoms with Crippen LogP contribution in [0.2, 0.25) is 0 Å². The van der Waals surface area contributed by atoms with E-state index < -0.39 is 5.97 Å². The number of hydrogen-bond acceptors (Lipinski definition) is 3. The Morgan fingerprint density at radius 1 is 1.12 bits per heavy atom. The number of unbranched alkanes of at least 4 members (excludes halogenated alkanes) is 3. The van der Waals surface area contributed by atoms with Crippen LogP contribution < -0.4 is 0 Å². The monoisotopic (exact) mass is 244 g/mol. The van der Waals surface area contributed by atoms with Gasteiger partial charge in [0.05, 0.1) is 0 Å². The second-order valence-electron chi connectivity index (χ2n) is 4.37.